The molecule has 0 radical (unpaired) electrons. The van der Waals surface area contributed by atoms with Crippen LogP contribution in [0.3, 0.4) is 0 Å². The molecule has 0 unspecified atom stereocenters. The van der Waals surface area contributed by atoms with E-state index in [0.29, 0.717) is 6.67 Å². The van der Waals surface area contributed by atoms with Gasteiger partial charge in [0.25, 0.3) is 0 Å². The molecule has 0 aromatic carbocycles. The molecule has 0 aliphatic heterocycles. The van der Waals surface area contributed by atoms with Gasteiger partial charge in [-0.3, -0.25) is 9.67 Å². The van der Waals surface area contributed by atoms with E-state index in [1.165, 1.54) is 0 Å². The van der Waals surface area contributed by atoms with Crippen molar-refractivity contribution in [2.75, 3.05) is 0 Å². The molecule has 0 aliphatic carbocycles. The van der Waals surface area contributed by atoms with Crippen molar-refractivity contribution in [2.24, 2.45) is 4.99 Å². The maximum Gasteiger partial charge on any atom is 0.131 e. The molecule has 0 bridgehead atoms. The lowest BCUT2D eigenvalue weighted by Crippen LogP contribution is -1.94. The van der Waals surface area contributed by atoms with Crippen molar-refractivity contribution >= 4 is 6.21 Å². The SMILES string of the molecule is C/C=C\C=N/Cn1cccn1. The van der Waals surface area contributed by atoms with Crippen LogP contribution in [0.5, 0.6) is 0 Å². The van der Waals surface area contributed by atoms with Gasteiger partial charge in [-0.1, -0.05) is 6.08 Å². The second-order valence-electron chi connectivity index (χ2n) is 2.04. The molecule has 0 saturated heterocycles. The highest BCUT2D eigenvalue weighted by molar-refractivity contribution is 5.70. The molecule has 3 nitrogen and oxygen atoms in total. The largest absolute Gasteiger partial charge is 0.270 e. The van der Waals surface area contributed by atoms with Crippen LogP contribution in [-0.4, -0.2) is 16.0 Å². The number of hydrogen-bond donors (Lipinski definition) is 0. The van der Waals surface area contributed by atoms with Crippen LogP contribution < -0.4 is 0 Å². The Kier molecular flexibility index (Phi) is 3.12. The van der Waals surface area contributed by atoms with E-state index < -0.39 is 0 Å². The molecule has 3 heteroatoms. The highest BCUT2D eigenvalue weighted by Crippen LogP contribution is 1.83. The van der Waals surface area contributed by atoms with E-state index in [1.807, 2.05) is 31.3 Å². The van der Waals surface area contributed by atoms with Crippen LogP contribution in [-0.2, 0) is 6.67 Å². The number of allylic oxidation sites excluding steroid dienone is 2. The van der Waals surface area contributed by atoms with Crippen LogP contribution in [0.15, 0.2) is 35.6 Å². The van der Waals surface area contributed by atoms with E-state index in [4.69, 9.17) is 0 Å². The number of aromatic nitrogens is 2. The second kappa shape index (κ2) is 4.44. The average molecular weight is 149 g/mol. The van der Waals surface area contributed by atoms with Gasteiger partial charge in [-0.05, 0) is 19.1 Å². The monoisotopic (exact) mass is 149 g/mol. The van der Waals surface area contributed by atoms with Crippen molar-refractivity contribution < 1.29 is 0 Å². The highest BCUT2D eigenvalue weighted by atomic mass is 15.3. The van der Waals surface area contributed by atoms with Crippen LogP contribution >= 0.6 is 0 Å². The molecule has 0 saturated carbocycles. The summed E-state index contributed by atoms with van der Waals surface area (Å²) in [5, 5.41) is 3.99. The first-order valence-electron chi connectivity index (χ1n) is 3.52. The summed E-state index contributed by atoms with van der Waals surface area (Å²) in [5.74, 6) is 0. The van der Waals surface area contributed by atoms with Crippen molar-refractivity contribution in [3.63, 3.8) is 0 Å². The number of hydrogen-bond acceptors (Lipinski definition) is 2. The van der Waals surface area contributed by atoms with Crippen molar-refractivity contribution in [2.45, 2.75) is 13.6 Å². The van der Waals surface area contributed by atoms with Gasteiger partial charge in [0.1, 0.15) is 6.67 Å². The lowest BCUT2D eigenvalue weighted by atomic mass is 10.6. The number of rotatable bonds is 3. The molecule has 0 N–H and O–H groups in total. The normalized spacial score (nSPS) is 11.7. The zero-order valence-electron chi connectivity index (χ0n) is 6.51. The molecule has 0 aliphatic rings. The Balaban J connectivity index is 2.34. The molecular formula is C8H11N3. The lowest BCUT2D eigenvalue weighted by Gasteiger charge is -1.91. The smallest absolute Gasteiger partial charge is 0.131 e. The van der Waals surface area contributed by atoms with E-state index >= 15 is 0 Å². The van der Waals surface area contributed by atoms with Gasteiger partial charge in [-0.25, -0.2) is 0 Å². The fourth-order valence-corrected chi connectivity index (χ4v) is 0.662. The third-order valence-electron chi connectivity index (χ3n) is 1.17. The molecule has 1 aromatic rings. The molecule has 1 aromatic heterocycles. The molecule has 58 valence electrons. The zero-order chi connectivity index (χ0) is 7.94. The summed E-state index contributed by atoms with van der Waals surface area (Å²) >= 11 is 0. The first kappa shape index (κ1) is 7.72. The van der Waals surface area contributed by atoms with Crippen molar-refractivity contribution in [1.29, 1.82) is 0 Å². The van der Waals surface area contributed by atoms with E-state index in [2.05, 4.69) is 10.1 Å². The lowest BCUT2D eigenvalue weighted by molar-refractivity contribution is 0.642. The van der Waals surface area contributed by atoms with Crippen molar-refractivity contribution in [1.82, 2.24) is 9.78 Å². The number of aliphatic imine (C=N–C) groups is 1. The second-order valence-corrected chi connectivity index (χ2v) is 2.04. The van der Waals surface area contributed by atoms with Gasteiger partial charge in [0.15, 0.2) is 0 Å². The fraction of sp³-hybridized carbons (Fsp3) is 0.250. The Morgan fingerprint density at radius 2 is 2.55 bits per heavy atom. The Hall–Kier alpha value is -1.38. The maximum atomic E-state index is 4.09. The molecule has 11 heavy (non-hydrogen) atoms. The van der Waals surface area contributed by atoms with Gasteiger partial charge in [-0.2, -0.15) is 5.10 Å². The van der Waals surface area contributed by atoms with E-state index in [0.717, 1.165) is 0 Å². The highest BCUT2D eigenvalue weighted by Gasteiger charge is 1.81. The Bertz CT molecular complexity index is 234. The van der Waals surface area contributed by atoms with Gasteiger partial charge < -0.3 is 0 Å². The summed E-state index contributed by atoms with van der Waals surface area (Å²) in [7, 11) is 0. The predicted octanol–water partition coefficient (Wildman–Crippen LogP) is 1.49. The molecule has 1 rings (SSSR count). The van der Waals surface area contributed by atoms with Gasteiger partial charge in [0, 0.05) is 18.6 Å². The zero-order valence-corrected chi connectivity index (χ0v) is 6.51. The standard InChI is InChI=1S/C8H11N3/c1-2-3-5-9-8-11-7-4-6-10-11/h2-7H,8H2,1H3/b3-2-,9-5-. The molecule has 0 fully saturated rings. The summed E-state index contributed by atoms with van der Waals surface area (Å²) in [6.45, 7) is 2.55. The van der Waals surface area contributed by atoms with Crippen molar-refractivity contribution in [3.8, 4) is 0 Å². The summed E-state index contributed by atoms with van der Waals surface area (Å²) in [5.41, 5.74) is 0. The van der Waals surface area contributed by atoms with Crippen LogP contribution in [0.2, 0.25) is 0 Å². The molecule has 0 amide bonds. The molecular weight excluding hydrogens is 138 g/mol. The van der Waals surface area contributed by atoms with E-state index in [9.17, 15) is 0 Å². The Labute approximate surface area is 66.1 Å². The summed E-state index contributed by atoms with van der Waals surface area (Å²) < 4.78 is 1.76. The fourth-order valence-electron chi connectivity index (χ4n) is 0.662. The summed E-state index contributed by atoms with van der Waals surface area (Å²) in [4.78, 5) is 4.09. The van der Waals surface area contributed by atoms with Crippen LogP contribution in [0.1, 0.15) is 6.92 Å². The van der Waals surface area contributed by atoms with Crippen LogP contribution in [0.25, 0.3) is 0 Å². The molecule has 0 atom stereocenters. The summed E-state index contributed by atoms with van der Waals surface area (Å²) in [6.07, 6.45) is 9.22. The minimum atomic E-state index is 0.595. The quantitative estimate of drug-likeness (QED) is 0.599. The summed E-state index contributed by atoms with van der Waals surface area (Å²) in [6, 6.07) is 1.88. The topological polar surface area (TPSA) is 30.2 Å². The van der Waals surface area contributed by atoms with E-state index in [1.54, 1.807) is 17.1 Å². The van der Waals surface area contributed by atoms with Crippen molar-refractivity contribution in [3.05, 3.63) is 30.6 Å². The minimum absolute atomic E-state index is 0.595. The minimum Gasteiger partial charge on any atom is -0.270 e. The molecule has 0 spiro atoms. The number of nitrogens with zero attached hydrogens (tertiary/aromatic N) is 3. The maximum absolute atomic E-state index is 4.09. The molecule has 1 heterocycles. The van der Waals surface area contributed by atoms with Gasteiger partial charge in [-0.15, -0.1) is 0 Å². The van der Waals surface area contributed by atoms with Gasteiger partial charge in [0.2, 0.25) is 0 Å². The van der Waals surface area contributed by atoms with Crippen LogP contribution in [0.4, 0.5) is 0 Å². The van der Waals surface area contributed by atoms with Crippen LogP contribution in [0, 0.1) is 0 Å². The van der Waals surface area contributed by atoms with E-state index in [-0.39, 0.29) is 0 Å². The Morgan fingerprint density at radius 3 is 3.18 bits per heavy atom. The average Bonchev–Trinajstić information content (AvgIpc) is 2.50. The first-order valence-corrected chi connectivity index (χ1v) is 3.52. The first-order chi connectivity index (χ1) is 5.43. The third-order valence-corrected chi connectivity index (χ3v) is 1.17. The predicted molar refractivity (Wildman–Crippen MR) is 45.5 cm³/mol. The van der Waals surface area contributed by atoms with Gasteiger partial charge >= 0.3 is 0 Å². The Morgan fingerprint density at radius 1 is 1.64 bits per heavy atom. The third kappa shape index (κ3) is 2.80. The van der Waals surface area contributed by atoms with Gasteiger partial charge in [0.05, 0.1) is 0 Å².